The van der Waals surface area contributed by atoms with E-state index in [1.54, 1.807) is 14.2 Å². The van der Waals surface area contributed by atoms with Gasteiger partial charge < -0.3 is 29.4 Å². The Morgan fingerprint density at radius 3 is 2.48 bits per heavy atom. The zero-order valence-corrected chi connectivity index (χ0v) is 20.7. The lowest BCUT2D eigenvalue weighted by atomic mass is 9.85. The van der Waals surface area contributed by atoms with E-state index in [0.29, 0.717) is 13.0 Å². The minimum absolute atomic E-state index is 0.0112. The Morgan fingerprint density at radius 1 is 1.35 bits per heavy atom. The average Bonchev–Trinajstić information content (AvgIpc) is 2.71. The van der Waals surface area contributed by atoms with Gasteiger partial charge in [0, 0.05) is 39.7 Å². The molecule has 1 amide bonds. The van der Waals surface area contributed by atoms with Crippen LogP contribution in [0.1, 0.15) is 66.7 Å². The van der Waals surface area contributed by atoms with E-state index in [0.717, 1.165) is 31.4 Å². The van der Waals surface area contributed by atoms with Crippen molar-refractivity contribution in [3.8, 4) is 0 Å². The number of hydrogen-bond acceptors (Lipinski definition) is 6. The molecule has 0 radical (unpaired) electrons. The molecular weight excluding hydrogens is 398 g/mol. The zero-order valence-electron chi connectivity index (χ0n) is 20.7. The standard InChI is InChI=1S/C19H33NO4.C5H12O2/c1-13-9-19(22-6,24-15(3)14(13)2)10-17(21)20-11-16-7-8-18(4,5)12-23-16;1-5(7-2)3-4-6/h14-16H,1,7-12H2,2-6H3,(H,20,21);5-6H,3-4H2,1-2H3/t14?,15?,16?,19-;/m1./s1. The fraction of sp³-hybridized carbons (Fsp3) is 0.875. The van der Waals surface area contributed by atoms with Crippen LogP contribution in [-0.4, -0.2) is 69.1 Å². The molecule has 2 aliphatic heterocycles. The summed E-state index contributed by atoms with van der Waals surface area (Å²) in [4.78, 5) is 12.4. The van der Waals surface area contributed by atoms with Crippen LogP contribution in [0, 0.1) is 11.3 Å². The lowest BCUT2D eigenvalue weighted by Crippen LogP contribution is -2.49. The van der Waals surface area contributed by atoms with Gasteiger partial charge in [-0.05, 0) is 38.5 Å². The number of nitrogens with one attached hydrogen (secondary N) is 1. The first kappa shape index (κ1) is 28.0. The van der Waals surface area contributed by atoms with E-state index in [4.69, 9.17) is 24.1 Å². The molecule has 2 aliphatic rings. The summed E-state index contributed by atoms with van der Waals surface area (Å²) in [5.41, 5.74) is 1.31. The van der Waals surface area contributed by atoms with Crippen LogP contribution in [0.15, 0.2) is 12.2 Å². The number of aliphatic hydroxyl groups is 1. The molecule has 0 saturated carbocycles. The van der Waals surface area contributed by atoms with Crippen LogP contribution in [0.25, 0.3) is 0 Å². The smallest absolute Gasteiger partial charge is 0.225 e. The maximum Gasteiger partial charge on any atom is 0.225 e. The fourth-order valence-corrected chi connectivity index (χ4v) is 3.66. The van der Waals surface area contributed by atoms with Crippen molar-refractivity contribution in [2.45, 2.75) is 90.8 Å². The molecule has 7 heteroatoms. The van der Waals surface area contributed by atoms with Gasteiger partial charge in [0.1, 0.15) is 0 Å². The molecule has 2 rings (SSSR count). The molecule has 182 valence electrons. The fourth-order valence-electron chi connectivity index (χ4n) is 3.66. The van der Waals surface area contributed by atoms with Crippen LogP contribution in [0.3, 0.4) is 0 Å². The average molecular weight is 444 g/mol. The van der Waals surface area contributed by atoms with Crippen LogP contribution < -0.4 is 5.32 Å². The molecule has 0 aromatic heterocycles. The van der Waals surface area contributed by atoms with Gasteiger partial charge in [-0.15, -0.1) is 0 Å². The number of hydrogen-bond donors (Lipinski definition) is 2. The first-order valence-corrected chi connectivity index (χ1v) is 11.4. The first-order chi connectivity index (χ1) is 14.5. The molecule has 31 heavy (non-hydrogen) atoms. The Morgan fingerprint density at radius 2 is 2.03 bits per heavy atom. The van der Waals surface area contributed by atoms with Gasteiger partial charge in [0.15, 0.2) is 5.79 Å². The monoisotopic (exact) mass is 443 g/mol. The number of carbonyl (C=O) groups excluding carboxylic acids is 1. The van der Waals surface area contributed by atoms with E-state index in [1.165, 1.54) is 0 Å². The van der Waals surface area contributed by atoms with Crippen molar-refractivity contribution in [2.24, 2.45) is 11.3 Å². The second kappa shape index (κ2) is 12.9. The van der Waals surface area contributed by atoms with Crippen molar-refractivity contribution < 1.29 is 28.8 Å². The Bertz CT molecular complexity index is 556. The van der Waals surface area contributed by atoms with Gasteiger partial charge in [0.2, 0.25) is 5.91 Å². The van der Waals surface area contributed by atoms with Crippen LogP contribution in [-0.2, 0) is 23.7 Å². The predicted molar refractivity (Wildman–Crippen MR) is 122 cm³/mol. The second-order valence-electron chi connectivity index (χ2n) is 9.74. The van der Waals surface area contributed by atoms with Crippen molar-refractivity contribution in [3.63, 3.8) is 0 Å². The summed E-state index contributed by atoms with van der Waals surface area (Å²) in [5, 5.41) is 11.3. The van der Waals surface area contributed by atoms with Crippen molar-refractivity contribution in [1.82, 2.24) is 5.32 Å². The molecule has 4 unspecified atom stereocenters. The van der Waals surface area contributed by atoms with Gasteiger partial charge in [-0.1, -0.05) is 32.9 Å². The number of carbonyl (C=O) groups is 1. The third-order valence-electron chi connectivity index (χ3n) is 6.36. The van der Waals surface area contributed by atoms with Crippen molar-refractivity contribution in [3.05, 3.63) is 12.2 Å². The normalized spacial score (nSPS) is 31.4. The van der Waals surface area contributed by atoms with Crippen LogP contribution in [0.2, 0.25) is 0 Å². The maximum atomic E-state index is 12.4. The van der Waals surface area contributed by atoms with Gasteiger partial charge in [0.25, 0.3) is 0 Å². The Balaban J connectivity index is 0.000000592. The van der Waals surface area contributed by atoms with E-state index in [-0.39, 0.29) is 48.6 Å². The Kier molecular flexibility index (Phi) is 11.7. The summed E-state index contributed by atoms with van der Waals surface area (Å²) in [6, 6.07) is 0. The lowest BCUT2D eigenvalue weighted by molar-refractivity contribution is -0.263. The van der Waals surface area contributed by atoms with Gasteiger partial charge in [-0.25, -0.2) is 0 Å². The van der Waals surface area contributed by atoms with Gasteiger partial charge >= 0.3 is 0 Å². The molecule has 2 fully saturated rings. The van der Waals surface area contributed by atoms with E-state index in [2.05, 4.69) is 32.7 Å². The molecule has 2 saturated heterocycles. The highest BCUT2D eigenvalue weighted by Crippen LogP contribution is 2.38. The van der Waals surface area contributed by atoms with Gasteiger partial charge in [-0.3, -0.25) is 4.79 Å². The van der Waals surface area contributed by atoms with Crippen LogP contribution in [0.4, 0.5) is 0 Å². The highest BCUT2D eigenvalue weighted by molar-refractivity contribution is 5.77. The second-order valence-corrected chi connectivity index (χ2v) is 9.74. The summed E-state index contributed by atoms with van der Waals surface area (Å²) >= 11 is 0. The summed E-state index contributed by atoms with van der Waals surface area (Å²) in [6.45, 7) is 16.1. The van der Waals surface area contributed by atoms with Crippen LogP contribution in [0.5, 0.6) is 0 Å². The molecule has 0 bridgehead atoms. The highest BCUT2D eigenvalue weighted by Gasteiger charge is 2.42. The van der Waals surface area contributed by atoms with E-state index >= 15 is 0 Å². The van der Waals surface area contributed by atoms with Crippen LogP contribution >= 0.6 is 0 Å². The minimum Gasteiger partial charge on any atom is -0.396 e. The van der Waals surface area contributed by atoms with Gasteiger partial charge in [0.05, 0.1) is 31.3 Å². The quantitative estimate of drug-likeness (QED) is 0.559. The SMILES string of the molecule is C=C1C[C@@](CC(=O)NCC2CCC(C)(C)CO2)(OC)OC(C)C1C.COC(C)CCO. The molecule has 0 spiro atoms. The summed E-state index contributed by atoms with van der Waals surface area (Å²) in [7, 11) is 3.23. The first-order valence-electron chi connectivity index (χ1n) is 11.4. The summed E-state index contributed by atoms with van der Waals surface area (Å²) < 4.78 is 22.3. The number of amides is 1. The number of methoxy groups -OCH3 is 2. The number of aliphatic hydroxyl groups excluding tert-OH is 1. The summed E-state index contributed by atoms with van der Waals surface area (Å²) in [5.74, 6) is -0.696. The molecular formula is C24H45NO6. The summed E-state index contributed by atoms with van der Waals surface area (Å²) in [6.07, 6.45) is 3.85. The lowest BCUT2D eigenvalue weighted by Gasteiger charge is -2.43. The highest BCUT2D eigenvalue weighted by atomic mass is 16.7. The van der Waals surface area contributed by atoms with Crippen molar-refractivity contribution in [1.29, 1.82) is 0 Å². The molecule has 5 atom stereocenters. The topological polar surface area (TPSA) is 86.3 Å². The maximum absolute atomic E-state index is 12.4. The molecule has 0 aliphatic carbocycles. The van der Waals surface area contributed by atoms with E-state index < -0.39 is 5.79 Å². The third-order valence-corrected chi connectivity index (χ3v) is 6.36. The third kappa shape index (κ3) is 9.58. The molecule has 2 heterocycles. The van der Waals surface area contributed by atoms with E-state index in [9.17, 15) is 4.79 Å². The molecule has 0 aromatic carbocycles. The zero-order chi connectivity index (χ0) is 23.7. The Labute approximate surface area is 188 Å². The largest absolute Gasteiger partial charge is 0.396 e. The number of ether oxygens (including phenoxy) is 4. The molecule has 2 N–H and O–H groups in total. The van der Waals surface area contributed by atoms with Crippen molar-refractivity contribution in [2.75, 3.05) is 34.0 Å². The molecule has 0 aromatic rings. The minimum atomic E-state index is -0.900. The van der Waals surface area contributed by atoms with E-state index in [1.807, 2.05) is 13.8 Å². The Hall–Kier alpha value is -0.990. The van der Waals surface area contributed by atoms with Crippen molar-refractivity contribution >= 4 is 5.91 Å². The molecule has 7 nitrogen and oxygen atoms in total. The van der Waals surface area contributed by atoms with Gasteiger partial charge in [-0.2, -0.15) is 0 Å². The predicted octanol–water partition coefficient (Wildman–Crippen LogP) is 3.45. The number of rotatable bonds is 8.